The molecule has 0 bridgehead atoms. The minimum atomic E-state index is -3.92. The molecule has 184 valence electrons. The van der Waals surface area contributed by atoms with E-state index in [9.17, 15) is 17.6 Å². The SMILES string of the molecule is Cc1ccc(C)c(S(=O)(=O)N(CC(=O)N2CCN(c3ccccc3F)CC2)Cc2ccccc2)c1. The fourth-order valence-corrected chi connectivity index (χ4v) is 5.98. The van der Waals surface area contributed by atoms with Gasteiger partial charge in [0.15, 0.2) is 0 Å². The van der Waals surface area contributed by atoms with Crippen LogP contribution in [0, 0.1) is 19.7 Å². The molecule has 0 aliphatic carbocycles. The minimum Gasteiger partial charge on any atom is -0.366 e. The van der Waals surface area contributed by atoms with Crippen molar-refractivity contribution in [1.29, 1.82) is 0 Å². The third-order valence-electron chi connectivity index (χ3n) is 6.30. The van der Waals surface area contributed by atoms with Crippen molar-refractivity contribution in [2.45, 2.75) is 25.3 Å². The van der Waals surface area contributed by atoms with E-state index < -0.39 is 10.0 Å². The van der Waals surface area contributed by atoms with Crippen LogP contribution in [0.25, 0.3) is 0 Å². The van der Waals surface area contributed by atoms with Crippen molar-refractivity contribution in [1.82, 2.24) is 9.21 Å². The molecule has 0 saturated carbocycles. The quantitative estimate of drug-likeness (QED) is 0.498. The van der Waals surface area contributed by atoms with E-state index in [0.29, 0.717) is 37.4 Å². The number of halogens is 1. The van der Waals surface area contributed by atoms with Gasteiger partial charge < -0.3 is 9.80 Å². The Bertz CT molecular complexity index is 1290. The molecule has 3 aromatic rings. The van der Waals surface area contributed by atoms with Crippen LogP contribution in [0.2, 0.25) is 0 Å². The molecule has 35 heavy (non-hydrogen) atoms. The maximum Gasteiger partial charge on any atom is 0.244 e. The Balaban J connectivity index is 1.53. The van der Waals surface area contributed by atoms with Crippen molar-refractivity contribution in [3.8, 4) is 0 Å². The van der Waals surface area contributed by atoms with Crippen molar-refractivity contribution in [2.75, 3.05) is 37.6 Å². The monoisotopic (exact) mass is 495 g/mol. The first-order valence-electron chi connectivity index (χ1n) is 11.6. The summed E-state index contributed by atoms with van der Waals surface area (Å²) in [5.41, 5.74) is 2.80. The first-order chi connectivity index (χ1) is 16.8. The highest BCUT2D eigenvalue weighted by Crippen LogP contribution is 2.24. The summed E-state index contributed by atoms with van der Waals surface area (Å²) in [5.74, 6) is -0.552. The number of hydrogen-bond acceptors (Lipinski definition) is 4. The number of aryl methyl sites for hydroxylation is 2. The van der Waals surface area contributed by atoms with Gasteiger partial charge in [-0.25, -0.2) is 12.8 Å². The highest BCUT2D eigenvalue weighted by atomic mass is 32.2. The molecule has 1 saturated heterocycles. The summed E-state index contributed by atoms with van der Waals surface area (Å²) in [4.78, 5) is 17.1. The van der Waals surface area contributed by atoms with Crippen LogP contribution in [0.3, 0.4) is 0 Å². The van der Waals surface area contributed by atoms with Crippen LogP contribution in [0.15, 0.2) is 77.7 Å². The number of carbonyl (C=O) groups is 1. The molecule has 1 aliphatic rings. The number of hydrogen-bond donors (Lipinski definition) is 0. The molecule has 1 aliphatic heterocycles. The number of amides is 1. The Kier molecular flexibility index (Phi) is 7.52. The van der Waals surface area contributed by atoms with E-state index in [1.807, 2.05) is 48.2 Å². The molecule has 0 atom stereocenters. The van der Waals surface area contributed by atoms with Crippen molar-refractivity contribution >= 4 is 21.6 Å². The van der Waals surface area contributed by atoms with E-state index in [1.165, 1.54) is 10.4 Å². The molecule has 1 fully saturated rings. The van der Waals surface area contributed by atoms with Crippen LogP contribution >= 0.6 is 0 Å². The topological polar surface area (TPSA) is 60.9 Å². The summed E-state index contributed by atoms with van der Waals surface area (Å²) in [7, 11) is -3.92. The standard InChI is InChI=1S/C27H30FN3O3S/c1-21-12-13-22(2)26(18-21)35(33,34)31(19-23-8-4-3-5-9-23)20-27(32)30-16-14-29(15-17-30)25-11-7-6-10-24(25)28/h3-13,18H,14-17,19-20H2,1-2H3. The number of rotatable bonds is 7. The summed E-state index contributed by atoms with van der Waals surface area (Å²) in [5, 5.41) is 0. The normalized spacial score (nSPS) is 14.4. The van der Waals surface area contributed by atoms with Gasteiger partial charge in [-0.1, -0.05) is 54.6 Å². The third-order valence-corrected chi connectivity index (χ3v) is 8.23. The molecule has 0 radical (unpaired) electrons. The Morgan fingerprint density at radius 3 is 2.26 bits per heavy atom. The van der Waals surface area contributed by atoms with Gasteiger partial charge in [0, 0.05) is 32.7 Å². The van der Waals surface area contributed by atoms with Crippen LogP contribution in [0.1, 0.15) is 16.7 Å². The van der Waals surface area contributed by atoms with Crippen molar-refractivity contribution in [3.63, 3.8) is 0 Å². The van der Waals surface area contributed by atoms with E-state index in [4.69, 9.17) is 0 Å². The van der Waals surface area contributed by atoms with Gasteiger partial charge in [0.25, 0.3) is 0 Å². The predicted octanol–water partition coefficient (Wildman–Crippen LogP) is 3.98. The molecular weight excluding hydrogens is 465 g/mol. The molecule has 8 heteroatoms. The first-order valence-corrected chi connectivity index (χ1v) is 13.1. The van der Waals surface area contributed by atoms with Crippen LogP contribution < -0.4 is 4.90 Å². The average Bonchev–Trinajstić information content (AvgIpc) is 2.86. The van der Waals surface area contributed by atoms with Gasteiger partial charge in [0.1, 0.15) is 5.82 Å². The van der Waals surface area contributed by atoms with Gasteiger partial charge in [-0.05, 0) is 48.7 Å². The highest BCUT2D eigenvalue weighted by molar-refractivity contribution is 7.89. The average molecular weight is 496 g/mol. The van der Waals surface area contributed by atoms with Gasteiger partial charge in [0.2, 0.25) is 15.9 Å². The number of nitrogens with zero attached hydrogens (tertiary/aromatic N) is 3. The lowest BCUT2D eigenvalue weighted by Gasteiger charge is -2.37. The zero-order chi connectivity index (χ0) is 25.0. The lowest BCUT2D eigenvalue weighted by Crippen LogP contribution is -2.52. The largest absolute Gasteiger partial charge is 0.366 e. The predicted molar refractivity (Wildman–Crippen MR) is 135 cm³/mol. The second kappa shape index (κ2) is 10.6. The van der Waals surface area contributed by atoms with E-state index >= 15 is 0 Å². The van der Waals surface area contributed by atoms with Gasteiger partial charge >= 0.3 is 0 Å². The minimum absolute atomic E-state index is 0.0947. The van der Waals surface area contributed by atoms with Crippen LogP contribution in [0.5, 0.6) is 0 Å². The molecule has 1 heterocycles. The smallest absolute Gasteiger partial charge is 0.244 e. The third kappa shape index (κ3) is 5.71. The maximum absolute atomic E-state index is 14.2. The zero-order valence-electron chi connectivity index (χ0n) is 20.0. The number of piperazine rings is 1. The molecule has 6 nitrogen and oxygen atoms in total. The number of anilines is 1. The molecule has 0 spiro atoms. The Morgan fingerprint density at radius 2 is 1.57 bits per heavy atom. The summed E-state index contributed by atoms with van der Waals surface area (Å²) in [6.45, 7) is 5.20. The van der Waals surface area contributed by atoms with E-state index in [1.54, 1.807) is 42.2 Å². The maximum atomic E-state index is 14.2. The highest BCUT2D eigenvalue weighted by Gasteiger charge is 2.31. The van der Waals surface area contributed by atoms with Crippen molar-refractivity contribution in [2.24, 2.45) is 0 Å². The molecule has 4 rings (SSSR count). The van der Waals surface area contributed by atoms with Crippen LogP contribution in [0.4, 0.5) is 10.1 Å². The molecule has 1 amide bonds. The van der Waals surface area contributed by atoms with Crippen molar-refractivity contribution < 1.29 is 17.6 Å². The second-order valence-corrected chi connectivity index (χ2v) is 10.8. The summed E-state index contributed by atoms with van der Waals surface area (Å²) in [6, 6.07) is 21.2. The summed E-state index contributed by atoms with van der Waals surface area (Å²) >= 11 is 0. The number of carbonyl (C=O) groups excluding carboxylic acids is 1. The van der Waals surface area contributed by atoms with E-state index in [-0.39, 0.29) is 29.7 Å². The lowest BCUT2D eigenvalue weighted by molar-refractivity contribution is -0.131. The zero-order valence-corrected chi connectivity index (χ0v) is 20.8. The molecule has 3 aromatic carbocycles. The summed E-state index contributed by atoms with van der Waals surface area (Å²) in [6.07, 6.45) is 0. The van der Waals surface area contributed by atoms with E-state index in [0.717, 1.165) is 11.1 Å². The Labute approximate surface area is 206 Å². The lowest BCUT2D eigenvalue weighted by atomic mass is 10.2. The molecule has 0 N–H and O–H groups in total. The number of para-hydroxylation sites is 1. The van der Waals surface area contributed by atoms with Crippen LogP contribution in [-0.4, -0.2) is 56.3 Å². The van der Waals surface area contributed by atoms with Gasteiger partial charge in [-0.3, -0.25) is 4.79 Å². The van der Waals surface area contributed by atoms with E-state index in [2.05, 4.69) is 0 Å². The van der Waals surface area contributed by atoms with Crippen LogP contribution in [-0.2, 0) is 21.4 Å². The molecule has 0 unspecified atom stereocenters. The Hall–Kier alpha value is -3.23. The molecular formula is C27H30FN3O3S. The fraction of sp³-hybridized carbons (Fsp3) is 0.296. The number of benzene rings is 3. The fourth-order valence-electron chi connectivity index (χ4n) is 4.29. The second-order valence-electron chi connectivity index (χ2n) is 8.85. The first kappa shape index (κ1) is 24.9. The van der Waals surface area contributed by atoms with Crippen molar-refractivity contribution in [3.05, 3.63) is 95.3 Å². The van der Waals surface area contributed by atoms with Gasteiger partial charge in [-0.2, -0.15) is 4.31 Å². The number of sulfonamides is 1. The Morgan fingerprint density at radius 1 is 0.914 bits per heavy atom. The summed E-state index contributed by atoms with van der Waals surface area (Å²) < 4.78 is 42.8. The molecule has 0 aromatic heterocycles. The van der Waals surface area contributed by atoms with Gasteiger partial charge in [0.05, 0.1) is 17.1 Å². The van der Waals surface area contributed by atoms with Gasteiger partial charge in [-0.15, -0.1) is 0 Å².